The number of anilines is 1. The van der Waals surface area contributed by atoms with Crippen LogP contribution in [0.3, 0.4) is 0 Å². The molecule has 3 N–H and O–H groups in total. The van der Waals surface area contributed by atoms with E-state index in [9.17, 15) is 9.18 Å². The molecule has 0 amide bonds. The molecule has 8 heteroatoms. The Morgan fingerprint density at radius 2 is 1.95 bits per heavy atom. The molecule has 7 rings (SSSR count). The van der Waals surface area contributed by atoms with Crippen LogP contribution in [0.15, 0.2) is 58.6 Å². The molecule has 0 radical (unpaired) electrons. The molecule has 3 aliphatic carbocycles. The molecule has 200 valence electrons. The molecule has 1 aromatic heterocycles. The maximum atomic E-state index is 13.2. The molecule has 2 aromatic carbocycles. The summed E-state index contributed by atoms with van der Waals surface area (Å²) in [6, 6.07) is 12.5. The Kier molecular flexibility index (Phi) is 6.25. The van der Waals surface area contributed by atoms with E-state index in [1.54, 1.807) is 23.0 Å². The topological polar surface area (TPSA) is 88.5 Å². The molecule has 4 aliphatic rings. The van der Waals surface area contributed by atoms with Crippen LogP contribution in [-0.4, -0.2) is 45.6 Å². The van der Waals surface area contributed by atoms with Gasteiger partial charge in [-0.2, -0.15) is 0 Å². The highest BCUT2D eigenvalue weighted by atomic mass is 19.1. The fourth-order valence-corrected chi connectivity index (χ4v) is 6.75. The zero-order valence-electron chi connectivity index (χ0n) is 22.4. The Labute approximate surface area is 223 Å². The quantitative estimate of drug-likeness (QED) is 0.391. The van der Waals surface area contributed by atoms with Crippen molar-refractivity contribution in [1.82, 2.24) is 14.5 Å². The Bertz CT molecular complexity index is 1420. The van der Waals surface area contributed by atoms with Crippen molar-refractivity contribution < 1.29 is 4.39 Å². The van der Waals surface area contributed by atoms with E-state index in [4.69, 9.17) is 10.7 Å². The molecule has 4 atom stereocenters. The van der Waals surface area contributed by atoms with Gasteiger partial charge in [0.05, 0.1) is 23.3 Å². The zero-order valence-corrected chi connectivity index (χ0v) is 22.4. The molecule has 4 fully saturated rings. The molecule has 3 aromatic rings. The van der Waals surface area contributed by atoms with E-state index < -0.39 is 0 Å². The number of nitrogens with zero attached hydrogens (tertiary/aromatic N) is 4. The lowest BCUT2D eigenvalue weighted by Crippen LogP contribution is -2.60. The molecule has 1 aliphatic heterocycles. The highest BCUT2D eigenvalue weighted by Gasteiger charge is 2.56. The van der Waals surface area contributed by atoms with E-state index in [-0.39, 0.29) is 17.4 Å². The van der Waals surface area contributed by atoms with Crippen LogP contribution < -0.4 is 16.6 Å². The fourth-order valence-electron chi connectivity index (χ4n) is 6.75. The van der Waals surface area contributed by atoms with Gasteiger partial charge >= 0.3 is 0 Å². The van der Waals surface area contributed by atoms with Gasteiger partial charge in [-0.25, -0.2) is 14.4 Å². The molecule has 2 bridgehead atoms. The lowest BCUT2D eigenvalue weighted by Gasteiger charge is -2.61. The van der Waals surface area contributed by atoms with Gasteiger partial charge < -0.3 is 16.0 Å². The third kappa shape index (κ3) is 4.49. The second kappa shape index (κ2) is 9.49. The number of rotatable bonds is 5. The summed E-state index contributed by atoms with van der Waals surface area (Å²) in [6.07, 6.45) is 4.68. The second-order valence-electron chi connectivity index (χ2n) is 12.1. The number of likely N-dealkylation sites (tertiary alicyclic amines) is 1. The van der Waals surface area contributed by atoms with Gasteiger partial charge in [-0.15, -0.1) is 0 Å². The van der Waals surface area contributed by atoms with Gasteiger partial charge in [-0.3, -0.25) is 9.36 Å². The van der Waals surface area contributed by atoms with Crippen LogP contribution in [0.4, 0.5) is 10.1 Å². The molecular formula is C30H37FN6O. The largest absolute Gasteiger partial charge is 0.339 e. The predicted molar refractivity (Wildman–Crippen MR) is 150 cm³/mol. The lowest BCUT2D eigenvalue weighted by molar-refractivity contribution is -0.108. The molecular weight excluding hydrogens is 479 g/mol. The fraction of sp³-hybridized carbons (Fsp3) is 0.500. The first kappa shape index (κ1) is 25.0. The predicted octanol–water partition coefficient (Wildman–Crippen LogP) is 4.26. The first-order valence-corrected chi connectivity index (χ1v) is 13.8. The van der Waals surface area contributed by atoms with Gasteiger partial charge in [0.2, 0.25) is 0 Å². The molecule has 7 nitrogen and oxygen atoms in total. The number of aryl methyl sites for hydroxylation is 2. The van der Waals surface area contributed by atoms with Crippen molar-refractivity contribution >= 4 is 22.5 Å². The summed E-state index contributed by atoms with van der Waals surface area (Å²) in [4.78, 5) is 25.2. The first-order valence-electron chi connectivity index (χ1n) is 13.8. The minimum absolute atomic E-state index is 0.0795. The van der Waals surface area contributed by atoms with Crippen molar-refractivity contribution in [2.24, 2.45) is 33.9 Å². The number of nitrogens with one attached hydrogen (secondary N) is 1. The Balaban J connectivity index is 1.21. The van der Waals surface area contributed by atoms with Crippen molar-refractivity contribution in [3.05, 3.63) is 70.5 Å². The summed E-state index contributed by atoms with van der Waals surface area (Å²) in [6.45, 7) is 9.24. The number of nitrogens with two attached hydrogens (primary N) is 1. The van der Waals surface area contributed by atoms with Crippen molar-refractivity contribution in [1.29, 1.82) is 0 Å². The van der Waals surface area contributed by atoms with Crippen molar-refractivity contribution in [2.75, 3.05) is 18.4 Å². The number of hydrogen-bond acceptors (Lipinski definition) is 4. The first-order chi connectivity index (χ1) is 18.2. The number of fused-ring (bicyclic) bond motifs is 3. The maximum absolute atomic E-state index is 13.2. The standard InChI is InChI=1S/C30H37FN6O/c1-18-25-12-20(30(25,2)3)13-26(18)35-29(37-15-22(32)16-37)34-23-8-9-24-27(14-23)33-17-36(28(24)38)11-10-19-4-6-21(31)7-5-19/h4-9,14,17-18,20,22,25-26H,10-13,15-16,32H2,1-3H3,(H,34,35)/t18-,20-,25-,26+/m1/s1. The van der Waals surface area contributed by atoms with Gasteiger partial charge in [0.1, 0.15) is 5.82 Å². The zero-order chi connectivity index (χ0) is 26.6. The van der Waals surface area contributed by atoms with E-state index in [2.05, 4.69) is 36.0 Å². The molecule has 38 heavy (non-hydrogen) atoms. The van der Waals surface area contributed by atoms with Crippen molar-refractivity contribution in [3.63, 3.8) is 0 Å². The van der Waals surface area contributed by atoms with Gasteiger partial charge in [-0.05, 0) is 78.3 Å². The number of benzene rings is 2. The third-order valence-electron chi connectivity index (χ3n) is 9.45. The summed E-state index contributed by atoms with van der Waals surface area (Å²) in [7, 11) is 0. The van der Waals surface area contributed by atoms with Crippen LogP contribution in [0, 0.1) is 29.0 Å². The van der Waals surface area contributed by atoms with E-state index >= 15 is 0 Å². The van der Waals surface area contributed by atoms with Crippen LogP contribution in [0.1, 0.15) is 39.2 Å². The Morgan fingerprint density at radius 1 is 1.18 bits per heavy atom. The molecule has 0 spiro atoms. The molecule has 0 unspecified atom stereocenters. The van der Waals surface area contributed by atoms with E-state index in [1.165, 1.54) is 18.6 Å². The van der Waals surface area contributed by atoms with Gasteiger partial charge in [0.15, 0.2) is 5.96 Å². The van der Waals surface area contributed by atoms with Gasteiger partial charge in [0.25, 0.3) is 5.56 Å². The van der Waals surface area contributed by atoms with Gasteiger partial charge in [0, 0.05) is 31.4 Å². The SMILES string of the molecule is C[C@H]1[C@@H](N=C(Nc2ccc3c(=O)n(CCc4ccc(F)cc4)cnc3c2)N2CC(N)C2)C[C@H]2C[C@H]1C2(C)C. The number of aromatic nitrogens is 2. The number of halogens is 1. The summed E-state index contributed by atoms with van der Waals surface area (Å²) in [5.74, 6) is 2.63. The second-order valence-corrected chi connectivity index (χ2v) is 12.1. The normalized spacial score (nSPS) is 26.7. The van der Waals surface area contributed by atoms with Crippen LogP contribution in [0.25, 0.3) is 10.9 Å². The minimum atomic E-state index is -0.262. The van der Waals surface area contributed by atoms with Crippen LogP contribution in [0.2, 0.25) is 0 Å². The van der Waals surface area contributed by atoms with E-state index in [0.29, 0.717) is 41.2 Å². The Morgan fingerprint density at radius 3 is 2.63 bits per heavy atom. The molecule has 1 saturated heterocycles. The van der Waals surface area contributed by atoms with Crippen LogP contribution >= 0.6 is 0 Å². The van der Waals surface area contributed by atoms with Crippen molar-refractivity contribution in [3.8, 4) is 0 Å². The molecule has 3 saturated carbocycles. The van der Waals surface area contributed by atoms with Gasteiger partial charge in [-0.1, -0.05) is 32.9 Å². The van der Waals surface area contributed by atoms with Crippen molar-refractivity contribution in [2.45, 2.75) is 58.7 Å². The number of aliphatic imine (C=N–C) groups is 1. The lowest BCUT2D eigenvalue weighted by atomic mass is 9.45. The van der Waals surface area contributed by atoms with Crippen LogP contribution in [0.5, 0.6) is 0 Å². The van der Waals surface area contributed by atoms with E-state index in [1.807, 2.05) is 18.2 Å². The minimum Gasteiger partial charge on any atom is -0.339 e. The highest BCUT2D eigenvalue weighted by Crippen LogP contribution is 2.61. The van der Waals surface area contributed by atoms with Crippen LogP contribution in [-0.2, 0) is 13.0 Å². The maximum Gasteiger partial charge on any atom is 0.261 e. The highest BCUT2D eigenvalue weighted by molar-refractivity contribution is 5.96. The number of hydrogen-bond donors (Lipinski definition) is 2. The summed E-state index contributed by atoms with van der Waals surface area (Å²) in [5, 5.41) is 4.11. The average molecular weight is 517 g/mol. The third-order valence-corrected chi connectivity index (χ3v) is 9.45. The average Bonchev–Trinajstić information content (AvgIpc) is 2.88. The summed E-state index contributed by atoms with van der Waals surface area (Å²) >= 11 is 0. The summed E-state index contributed by atoms with van der Waals surface area (Å²) in [5.41, 5.74) is 8.94. The monoisotopic (exact) mass is 516 g/mol. The van der Waals surface area contributed by atoms with E-state index in [0.717, 1.165) is 48.6 Å². The smallest absolute Gasteiger partial charge is 0.261 e. The number of guanidine groups is 1. The molecule has 2 heterocycles. The summed E-state index contributed by atoms with van der Waals surface area (Å²) < 4.78 is 14.8. The Hall–Kier alpha value is -3.26.